The van der Waals surface area contributed by atoms with Crippen LogP contribution < -0.4 is 10.6 Å². The van der Waals surface area contributed by atoms with Crippen LogP contribution in [0.5, 0.6) is 5.75 Å². The fourth-order valence-corrected chi connectivity index (χ4v) is 5.88. The van der Waals surface area contributed by atoms with Crippen molar-refractivity contribution >= 4 is 33.9 Å². The standard InChI is InChI=1S/C29H33N9O2S/c1-19-4-3-9-36(14-19)17-23-10-27(41-35-23)34-28-29-31-13-25(38(29)15-20(2)33-28)22-12-32-37(16-22)18-26(40)30-11-21-5-7-24(39)8-6-21/h5-8,10,12-13,15-16,19,39H,3-4,9,11,14,17-18H2,1-2H3,(H,30,40)(H,33,34). The lowest BCUT2D eigenvalue weighted by Gasteiger charge is -2.30. The molecule has 0 bridgehead atoms. The van der Waals surface area contributed by atoms with Gasteiger partial charge in [0.15, 0.2) is 11.5 Å². The van der Waals surface area contributed by atoms with Gasteiger partial charge < -0.3 is 15.7 Å². The fourth-order valence-electron chi connectivity index (χ4n) is 5.23. The van der Waals surface area contributed by atoms with E-state index in [-0.39, 0.29) is 18.2 Å². The van der Waals surface area contributed by atoms with Crippen molar-refractivity contribution < 1.29 is 9.90 Å². The van der Waals surface area contributed by atoms with Gasteiger partial charge in [-0.15, -0.1) is 0 Å². The summed E-state index contributed by atoms with van der Waals surface area (Å²) >= 11 is 1.44. The number of benzene rings is 1. The molecule has 1 atom stereocenters. The highest BCUT2D eigenvalue weighted by Crippen LogP contribution is 2.28. The number of aromatic nitrogens is 6. The second kappa shape index (κ2) is 11.7. The number of rotatable bonds is 9. The van der Waals surface area contributed by atoms with Crippen LogP contribution in [0, 0.1) is 12.8 Å². The lowest BCUT2D eigenvalue weighted by Crippen LogP contribution is -2.33. The van der Waals surface area contributed by atoms with Gasteiger partial charge in [-0.1, -0.05) is 19.1 Å². The number of amides is 1. The molecule has 41 heavy (non-hydrogen) atoms. The number of carbonyl (C=O) groups is 1. The maximum Gasteiger partial charge on any atom is 0.241 e. The van der Waals surface area contributed by atoms with Crippen molar-refractivity contribution in [3.8, 4) is 17.0 Å². The summed E-state index contributed by atoms with van der Waals surface area (Å²) < 4.78 is 8.28. The van der Waals surface area contributed by atoms with E-state index >= 15 is 0 Å². The summed E-state index contributed by atoms with van der Waals surface area (Å²) in [5.41, 5.74) is 5.21. The molecule has 0 saturated carbocycles. The Morgan fingerprint density at radius 1 is 1.20 bits per heavy atom. The molecule has 5 heterocycles. The third-order valence-electron chi connectivity index (χ3n) is 7.20. The van der Waals surface area contributed by atoms with E-state index in [9.17, 15) is 9.90 Å². The van der Waals surface area contributed by atoms with E-state index in [0.717, 1.165) is 58.8 Å². The van der Waals surface area contributed by atoms with E-state index in [0.29, 0.717) is 18.0 Å². The van der Waals surface area contributed by atoms with Crippen molar-refractivity contribution in [2.24, 2.45) is 5.92 Å². The molecule has 1 amide bonds. The van der Waals surface area contributed by atoms with Crippen LogP contribution in [-0.2, 0) is 24.4 Å². The molecule has 11 nitrogen and oxygen atoms in total. The summed E-state index contributed by atoms with van der Waals surface area (Å²) in [5.74, 6) is 1.44. The number of nitrogens with zero attached hydrogens (tertiary/aromatic N) is 7. The van der Waals surface area contributed by atoms with E-state index in [1.54, 1.807) is 41.3 Å². The molecule has 0 spiro atoms. The molecule has 3 N–H and O–H groups in total. The van der Waals surface area contributed by atoms with Crippen LogP contribution in [0.1, 0.15) is 36.7 Å². The maximum absolute atomic E-state index is 12.5. The van der Waals surface area contributed by atoms with Crippen LogP contribution in [-0.4, -0.2) is 57.5 Å². The predicted molar refractivity (Wildman–Crippen MR) is 158 cm³/mol. The van der Waals surface area contributed by atoms with Crippen molar-refractivity contribution in [2.45, 2.75) is 46.3 Å². The summed E-state index contributed by atoms with van der Waals surface area (Å²) in [4.78, 5) is 24.4. The zero-order chi connectivity index (χ0) is 28.3. The average Bonchev–Trinajstić information content (AvgIpc) is 3.69. The number of phenolic OH excluding ortho intramolecular Hbond substituents is 1. The molecule has 12 heteroatoms. The number of aromatic hydroxyl groups is 1. The van der Waals surface area contributed by atoms with Gasteiger partial charge in [-0.2, -0.15) is 9.47 Å². The van der Waals surface area contributed by atoms with Gasteiger partial charge in [0.05, 0.1) is 29.5 Å². The molecule has 1 aliphatic heterocycles. The number of phenols is 1. The largest absolute Gasteiger partial charge is 0.508 e. The first-order valence-corrected chi connectivity index (χ1v) is 14.5. The van der Waals surface area contributed by atoms with Gasteiger partial charge in [-0.05, 0) is 67.5 Å². The number of piperidine rings is 1. The minimum Gasteiger partial charge on any atom is -0.508 e. The Kier molecular flexibility index (Phi) is 7.66. The van der Waals surface area contributed by atoms with E-state index < -0.39 is 0 Å². The van der Waals surface area contributed by atoms with E-state index in [1.165, 1.54) is 24.4 Å². The number of carbonyl (C=O) groups excluding carboxylic acids is 1. The van der Waals surface area contributed by atoms with Crippen LogP contribution in [0.3, 0.4) is 0 Å². The van der Waals surface area contributed by atoms with Crippen molar-refractivity contribution in [3.05, 3.63) is 72.1 Å². The third kappa shape index (κ3) is 6.39. The molecule has 1 aliphatic rings. The maximum atomic E-state index is 12.5. The first kappa shape index (κ1) is 26.9. The summed E-state index contributed by atoms with van der Waals surface area (Å²) in [6, 6.07) is 8.85. The number of aryl methyl sites for hydroxylation is 1. The number of anilines is 2. The van der Waals surface area contributed by atoms with E-state index in [2.05, 4.69) is 43.0 Å². The van der Waals surface area contributed by atoms with Gasteiger partial charge >= 0.3 is 0 Å². The molecule has 0 aliphatic carbocycles. The summed E-state index contributed by atoms with van der Waals surface area (Å²) in [7, 11) is 0. The molecule has 1 saturated heterocycles. The third-order valence-corrected chi connectivity index (χ3v) is 7.94. The number of imidazole rings is 1. The monoisotopic (exact) mass is 571 g/mol. The number of fused-ring (bicyclic) bond motifs is 1. The second-order valence-corrected chi connectivity index (χ2v) is 11.5. The number of nitrogens with one attached hydrogen (secondary N) is 2. The zero-order valence-electron chi connectivity index (χ0n) is 23.1. The normalized spacial score (nSPS) is 15.8. The smallest absolute Gasteiger partial charge is 0.241 e. The second-order valence-electron chi connectivity index (χ2n) is 10.7. The molecule has 0 radical (unpaired) electrons. The van der Waals surface area contributed by atoms with Gasteiger partial charge in [0, 0.05) is 37.6 Å². The Morgan fingerprint density at radius 2 is 2.05 bits per heavy atom. The molecule has 1 aromatic carbocycles. The van der Waals surface area contributed by atoms with Gasteiger partial charge in [-0.3, -0.25) is 18.8 Å². The molecule has 5 aromatic rings. The van der Waals surface area contributed by atoms with Crippen LogP contribution in [0.4, 0.5) is 10.8 Å². The lowest BCUT2D eigenvalue weighted by molar-refractivity contribution is -0.122. The fraction of sp³-hybridized carbons (Fsp3) is 0.345. The van der Waals surface area contributed by atoms with Crippen molar-refractivity contribution in [3.63, 3.8) is 0 Å². The minimum absolute atomic E-state index is 0.0895. The lowest BCUT2D eigenvalue weighted by atomic mass is 10.0. The quantitative estimate of drug-likeness (QED) is 0.238. The Balaban J connectivity index is 1.13. The summed E-state index contributed by atoms with van der Waals surface area (Å²) in [5, 5.41) is 21.1. The van der Waals surface area contributed by atoms with Crippen molar-refractivity contribution in [1.29, 1.82) is 0 Å². The highest BCUT2D eigenvalue weighted by atomic mass is 32.1. The van der Waals surface area contributed by atoms with E-state index in [1.807, 2.05) is 23.7 Å². The highest BCUT2D eigenvalue weighted by molar-refractivity contribution is 7.10. The van der Waals surface area contributed by atoms with Crippen LogP contribution in [0.2, 0.25) is 0 Å². The molecular formula is C29H33N9O2S. The van der Waals surface area contributed by atoms with Gasteiger partial charge in [-0.25, -0.2) is 9.97 Å². The molecule has 212 valence electrons. The van der Waals surface area contributed by atoms with Crippen LogP contribution in [0.15, 0.2) is 55.1 Å². The number of likely N-dealkylation sites (tertiary alicyclic amines) is 1. The summed E-state index contributed by atoms with van der Waals surface area (Å²) in [6.45, 7) is 7.85. The number of hydrogen-bond acceptors (Lipinski definition) is 9. The summed E-state index contributed by atoms with van der Waals surface area (Å²) in [6.07, 6.45) is 9.86. The van der Waals surface area contributed by atoms with Crippen molar-refractivity contribution in [1.82, 2.24) is 38.7 Å². The van der Waals surface area contributed by atoms with Gasteiger partial charge in [0.2, 0.25) is 5.91 Å². The topological polar surface area (TPSA) is 126 Å². The highest BCUT2D eigenvalue weighted by Gasteiger charge is 2.18. The Hall–Kier alpha value is -4.29. The Morgan fingerprint density at radius 3 is 2.88 bits per heavy atom. The van der Waals surface area contributed by atoms with Crippen LogP contribution >= 0.6 is 11.5 Å². The predicted octanol–water partition coefficient (Wildman–Crippen LogP) is 4.36. The average molecular weight is 572 g/mol. The first-order valence-electron chi connectivity index (χ1n) is 13.8. The molecule has 6 rings (SSSR count). The van der Waals surface area contributed by atoms with E-state index in [4.69, 9.17) is 4.98 Å². The molecule has 1 fully saturated rings. The molecule has 1 unspecified atom stereocenters. The van der Waals surface area contributed by atoms with Crippen molar-refractivity contribution in [2.75, 3.05) is 18.4 Å². The Labute approximate surface area is 242 Å². The van der Waals surface area contributed by atoms with Gasteiger partial charge in [0.25, 0.3) is 0 Å². The Bertz CT molecular complexity index is 1660. The van der Waals surface area contributed by atoms with Crippen LogP contribution in [0.25, 0.3) is 16.9 Å². The minimum atomic E-state index is -0.156. The SMILES string of the molecule is Cc1cn2c(-c3cnn(CC(=O)NCc4ccc(O)cc4)c3)cnc2c(Nc2cc(CN3CCCC(C)C3)ns2)n1. The molecular weight excluding hydrogens is 538 g/mol. The number of hydrogen-bond donors (Lipinski definition) is 3. The molecule has 4 aromatic heterocycles. The zero-order valence-corrected chi connectivity index (χ0v) is 23.9. The van der Waals surface area contributed by atoms with Gasteiger partial charge in [0.1, 0.15) is 17.3 Å². The first-order chi connectivity index (χ1) is 19.9.